The van der Waals surface area contributed by atoms with E-state index in [4.69, 9.17) is 5.73 Å². The fourth-order valence-electron chi connectivity index (χ4n) is 4.63. The number of hydrogen-bond acceptors (Lipinski definition) is 3. The average molecular weight is 530 g/mol. The first-order valence-electron chi connectivity index (χ1n) is 12.3. The third kappa shape index (κ3) is 6.10. The van der Waals surface area contributed by atoms with Gasteiger partial charge in [0.05, 0.1) is 12.1 Å². The number of carbonyl (C=O) groups is 1. The number of benzene rings is 3. The van der Waals surface area contributed by atoms with E-state index in [0.29, 0.717) is 12.0 Å². The molecule has 0 spiro atoms. The number of carbonyl (C=O) groups excluding carboxylic acids is 1. The normalized spacial score (nSPS) is 11.3. The zero-order valence-corrected chi connectivity index (χ0v) is 21.5. The number of rotatable bonds is 7. The number of nitriles is 1. The molecule has 0 fully saturated rings. The van der Waals surface area contributed by atoms with Crippen molar-refractivity contribution >= 4 is 5.91 Å². The number of aromatic nitrogens is 1. The molecule has 0 aliphatic rings. The monoisotopic (exact) mass is 529 g/mol. The smallest absolute Gasteiger partial charge is 0.366 e. The van der Waals surface area contributed by atoms with Gasteiger partial charge in [0.1, 0.15) is 11.6 Å². The Morgan fingerprint density at radius 3 is 2.28 bits per heavy atom. The molecule has 1 amide bonds. The molecule has 2 N–H and O–H groups in total. The van der Waals surface area contributed by atoms with Gasteiger partial charge in [-0.05, 0) is 72.7 Å². The zero-order chi connectivity index (χ0) is 28.3. The second kappa shape index (κ2) is 11.0. The highest BCUT2D eigenvalue weighted by Crippen LogP contribution is 2.32. The number of pyridine rings is 1. The average Bonchev–Trinajstić information content (AvgIpc) is 2.89. The van der Waals surface area contributed by atoms with Gasteiger partial charge in [-0.3, -0.25) is 9.59 Å². The van der Waals surface area contributed by atoms with E-state index in [9.17, 15) is 28.0 Å². The molecule has 4 aromatic rings. The minimum Gasteiger partial charge on any atom is -0.366 e. The maximum atomic E-state index is 13.8. The van der Waals surface area contributed by atoms with Crippen molar-refractivity contribution in [2.75, 3.05) is 0 Å². The number of hydrogen-bond donors (Lipinski definition) is 1. The van der Waals surface area contributed by atoms with E-state index < -0.39 is 28.8 Å². The maximum absolute atomic E-state index is 13.8. The molecule has 0 unspecified atom stereocenters. The van der Waals surface area contributed by atoms with Crippen molar-refractivity contribution in [3.05, 3.63) is 128 Å². The predicted molar refractivity (Wildman–Crippen MR) is 143 cm³/mol. The number of primary amides is 1. The second-order valence-corrected chi connectivity index (χ2v) is 9.50. The molecule has 0 saturated carbocycles. The van der Waals surface area contributed by atoms with Crippen LogP contribution in [0.5, 0.6) is 0 Å². The Bertz CT molecular complexity index is 1660. The number of aryl methyl sites for hydroxylation is 4. The summed E-state index contributed by atoms with van der Waals surface area (Å²) in [7, 11) is 0. The molecule has 198 valence electrons. The first-order valence-corrected chi connectivity index (χ1v) is 12.3. The fraction of sp³-hybridized carbons (Fsp3) is 0.194. The lowest BCUT2D eigenvalue weighted by atomic mass is 9.98. The van der Waals surface area contributed by atoms with Gasteiger partial charge in [-0.1, -0.05) is 60.2 Å². The van der Waals surface area contributed by atoms with Crippen LogP contribution in [0.25, 0.3) is 11.1 Å². The van der Waals surface area contributed by atoms with Gasteiger partial charge in [0.15, 0.2) is 0 Å². The lowest BCUT2D eigenvalue weighted by Gasteiger charge is -2.18. The van der Waals surface area contributed by atoms with Crippen molar-refractivity contribution in [1.82, 2.24) is 4.57 Å². The molecule has 8 heteroatoms. The zero-order valence-electron chi connectivity index (χ0n) is 21.5. The fourth-order valence-corrected chi connectivity index (χ4v) is 4.63. The molecule has 5 nitrogen and oxygen atoms in total. The van der Waals surface area contributed by atoms with Crippen molar-refractivity contribution in [1.29, 1.82) is 5.26 Å². The number of nitrogens with two attached hydrogens (primary N) is 1. The quantitative estimate of drug-likeness (QED) is 0.321. The number of amides is 1. The van der Waals surface area contributed by atoms with Crippen LogP contribution in [0.15, 0.2) is 77.6 Å². The lowest BCUT2D eigenvalue weighted by molar-refractivity contribution is -0.138. The van der Waals surface area contributed by atoms with Gasteiger partial charge in [0.25, 0.3) is 5.56 Å². The third-order valence-corrected chi connectivity index (χ3v) is 6.71. The Morgan fingerprint density at radius 1 is 0.949 bits per heavy atom. The summed E-state index contributed by atoms with van der Waals surface area (Å²) in [5.74, 6) is -0.545. The molecule has 1 heterocycles. The summed E-state index contributed by atoms with van der Waals surface area (Å²) >= 11 is 0. The van der Waals surface area contributed by atoms with Crippen LogP contribution < -0.4 is 11.3 Å². The van der Waals surface area contributed by atoms with E-state index in [1.165, 1.54) is 10.6 Å². The summed E-state index contributed by atoms with van der Waals surface area (Å²) in [6.07, 6.45) is -4.36. The molecule has 4 rings (SSSR count). The van der Waals surface area contributed by atoms with Gasteiger partial charge >= 0.3 is 6.18 Å². The van der Waals surface area contributed by atoms with Gasteiger partial charge in [0, 0.05) is 11.3 Å². The lowest BCUT2D eigenvalue weighted by Crippen LogP contribution is -2.30. The van der Waals surface area contributed by atoms with E-state index in [1.54, 1.807) is 18.2 Å². The summed E-state index contributed by atoms with van der Waals surface area (Å²) < 4.78 is 42.7. The summed E-state index contributed by atoms with van der Waals surface area (Å²) in [6.45, 7) is 3.85. The Morgan fingerprint density at radius 2 is 1.64 bits per heavy atom. The highest BCUT2D eigenvalue weighted by molar-refractivity contribution is 5.94. The van der Waals surface area contributed by atoms with Gasteiger partial charge < -0.3 is 10.3 Å². The molecule has 0 aliphatic heterocycles. The van der Waals surface area contributed by atoms with Crippen LogP contribution in [-0.4, -0.2) is 10.5 Å². The van der Waals surface area contributed by atoms with Crippen molar-refractivity contribution in [3.63, 3.8) is 0 Å². The summed E-state index contributed by atoms with van der Waals surface area (Å²) in [5, 5.41) is 9.44. The summed E-state index contributed by atoms with van der Waals surface area (Å²) in [6, 6.07) is 22.3. The van der Waals surface area contributed by atoms with Crippen LogP contribution in [0.4, 0.5) is 13.2 Å². The molecule has 0 atom stereocenters. The highest BCUT2D eigenvalue weighted by Gasteiger charge is 2.36. The van der Waals surface area contributed by atoms with Gasteiger partial charge in [-0.25, -0.2) is 0 Å². The van der Waals surface area contributed by atoms with Gasteiger partial charge in [0.2, 0.25) is 5.91 Å². The SMILES string of the molecule is Cc1ccc(Cn2c(CCc3cccc(-c4cccc(C(N)=O)c4)c3)cc(C(F)(F)F)c(C#N)c2=O)c(C)c1. The molecule has 0 aliphatic carbocycles. The highest BCUT2D eigenvalue weighted by atomic mass is 19.4. The third-order valence-electron chi connectivity index (χ3n) is 6.71. The van der Waals surface area contributed by atoms with E-state index in [2.05, 4.69) is 0 Å². The maximum Gasteiger partial charge on any atom is 0.417 e. The molecule has 0 bridgehead atoms. The molecular formula is C31H26F3N3O2. The van der Waals surface area contributed by atoms with Gasteiger partial charge in [-0.2, -0.15) is 18.4 Å². The van der Waals surface area contributed by atoms with Crippen molar-refractivity contribution in [2.24, 2.45) is 5.73 Å². The minimum absolute atomic E-state index is 0.0487. The standard InChI is InChI=1S/C31H26F3N3O2/c1-19-9-11-25(20(2)13-19)18-37-26(16-28(31(32,33)34)27(17-35)30(37)39)12-10-21-5-3-6-22(14-21)23-7-4-8-24(15-23)29(36)38/h3-9,11,13-16H,10,12,18H2,1-2H3,(H2,36,38). The summed E-state index contributed by atoms with van der Waals surface area (Å²) in [4.78, 5) is 24.8. The first kappa shape index (κ1) is 27.4. The predicted octanol–water partition coefficient (Wildman–Crippen LogP) is 5.96. The Kier molecular flexibility index (Phi) is 7.73. The minimum atomic E-state index is -4.84. The van der Waals surface area contributed by atoms with Crippen LogP contribution >= 0.6 is 0 Å². The van der Waals surface area contributed by atoms with E-state index in [-0.39, 0.29) is 18.7 Å². The van der Waals surface area contributed by atoms with Crippen molar-refractivity contribution in [2.45, 2.75) is 39.4 Å². The number of nitrogens with zero attached hydrogens (tertiary/aromatic N) is 2. The summed E-state index contributed by atoms with van der Waals surface area (Å²) in [5.41, 5.74) is 7.99. The molecule has 0 saturated heterocycles. The molecular weight excluding hydrogens is 503 g/mol. The Hall–Kier alpha value is -4.64. The van der Waals surface area contributed by atoms with E-state index in [0.717, 1.165) is 39.4 Å². The van der Waals surface area contributed by atoms with Gasteiger partial charge in [-0.15, -0.1) is 0 Å². The number of alkyl halides is 3. The van der Waals surface area contributed by atoms with Crippen molar-refractivity contribution < 1.29 is 18.0 Å². The van der Waals surface area contributed by atoms with Crippen molar-refractivity contribution in [3.8, 4) is 17.2 Å². The van der Waals surface area contributed by atoms with Crippen LogP contribution in [0.1, 0.15) is 49.4 Å². The second-order valence-electron chi connectivity index (χ2n) is 9.50. The first-order chi connectivity index (χ1) is 18.5. The van der Waals surface area contributed by atoms with E-state index >= 15 is 0 Å². The largest absolute Gasteiger partial charge is 0.417 e. The topological polar surface area (TPSA) is 88.9 Å². The molecule has 3 aromatic carbocycles. The Labute approximate surface area is 224 Å². The van der Waals surface area contributed by atoms with Crippen LogP contribution in [0.3, 0.4) is 0 Å². The van der Waals surface area contributed by atoms with Crippen LogP contribution in [0, 0.1) is 25.2 Å². The number of halogens is 3. The van der Waals surface area contributed by atoms with Crippen LogP contribution in [0.2, 0.25) is 0 Å². The Balaban J connectivity index is 1.73. The molecule has 0 radical (unpaired) electrons. The van der Waals surface area contributed by atoms with Crippen LogP contribution in [-0.2, 0) is 25.6 Å². The molecule has 1 aromatic heterocycles. The van der Waals surface area contributed by atoms with E-state index in [1.807, 2.05) is 62.4 Å². The molecule has 39 heavy (non-hydrogen) atoms.